The lowest BCUT2D eigenvalue weighted by Gasteiger charge is -2.18. The van der Waals surface area contributed by atoms with Crippen LogP contribution in [0.15, 0.2) is 61.2 Å². The van der Waals surface area contributed by atoms with Crippen LogP contribution >= 0.6 is 0 Å². The van der Waals surface area contributed by atoms with Crippen LogP contribution in [0.5, 0.6) is 5.75 Å². The van der Waals surface area contributed by atoms with Gasteiger partial charge in [0.15, 0.2) is 17.5 Å². The highest BCUT2D eigenvalue weighted by Crippen LogP contribution is 2.44. The lowest BCUT2D eigenvalue weighted by atomic mass is 10.1. The largest absolute Gasteiger partial charge is 0.494 e. The molecule has 1 aliphatic rings. The van der Waals surface area contributed by atoms with Gasteiger partial charge in [0.1, 0.15) is 28.8 Å². The molecule has 244 valence electrons. The van der Waals surface area contributed by atoms with Crippen LogP contribution in [-0.4, -0.2) is 50.5 Å². The van der Waals surface area contributed by atoms with Gasteiger partial charge in [0.2, 0.25) is 10.0 Å². The number of rotatable bonds is 13. The normalized spacial score (nSPS) is 13.0. The Morgan fingerprint density at radius 2 is 1.47 bits per heavy atom. The maximum Gasteiger partial charge on any atom is 0.232 e. The summed E-state index contributed by atoms with van der Waals surface area (Å²) in [6, 6.07) is 9.18. The molecule has 4 heterocycles. The fourth-order valence-electron chi connectivity index (χ4n) is 5.12. The molecule has 5 aromatic rings. The average Bonchev–Trinajstić information content (AvgIpc) is 3.83. The van der Waals surface area contributed by atoms with Crippen molar-refractivity contribution in [1.82, 2.24) is 29.7 Å². The molecule has 0 spiro atoms. The molecule has 1 saturated carbocycles. The number of aromatic nitrogens is 6. The second-order valence-electron chi connectivity index (χ2n) is 10.9. The van der Waals surface area contributed by atoms with Crippen molar-refractivity contribution in [2.45, 2.75) is 46.1 Å². The Kier molecular flexibility index (Phi) is 8.98. The monoisotopic (exact) mass is 661 g/mol. The van der Waals surface area contributed by atoms with E-state index in [1.54, 1.807) is 60.7 Å². The van der Waals surface area contributed by atoms with Gasteiger partial charge >= 0.3 is 0 Å². The fourth-order valence-corrected chi connectivity index (χ4v) is 5.77. The maximum atomic E-state index is 15.2. The van der Waals surface area contributed by atoms with E-state index in [4.69, 9.17) is 19.8 Å². The van der Waals surface area contributed by atoms with Crippen LogP contribution < -0.4 is 20.1 Å². The highest BCUT2D eigenvalue weighted by atomic mass is 32.2. The molecule has 0 unspecified atom stereocenters. The van der Waals surface area contributed by atoms with Crippen molar-refractivity contribution in [2.24, 2.45) is 0 Å². The molecule has 0 saturated heterocycles. The molecule has 0 bridgehead atoms. The fraction of sp³-hybridized carbons (Fsp3) is 0.281. The van der Waals surface area contributed by atoms with Crippen LogP contribution in [0.1, 0.15) is 49.4 Å². The Labute approximate surface area is 270 Å². The van der Waals surface area contributed by atoms with Gasteiger partial charge in [-0.15, -0.1) is 0 Å². The van der Waals surface area contributed by atoms with Crippen LogP contribution in [0, 0.1) is 18.6 Å². The summed E-state index contributed by atoms with van der Waals surface area (Å²) in [5.74, 6) is -0.914. The number of nitrogens with one attached hydrogen (secondary N) is 3. The van der Waals surface area contributed by atoms with E-state index in [2.05, 4.69) is 25.3 Å². The minimum Gasteiger partial charge on any atom is -0.494 e. The number of hydrogen-bond donors (Lipinski definition) is 3. The van der Waals surface area contributed by atoms with E-state index in [-0.39, 0.29) is 59.3 Å². The molecule has 1 aromatic carbocycles. The number of sulfonamides is 1. The predicted octanol–water partition coefficient (Wildman–Crippen LogP) is 6.29. The highest BCUT2D eigenvalue weighted by molar-refractivity contribution is 7.92. The first-order chi connectivity index (χ1) is 22.7. The lowest BCUT2D eigenvalue weighted by Crippen LogP contribution is -2.18. The first-order valence-electron chi connectivity index (χ1n) is 15.1. The SMILES string of the molecule is CCOc1cc(F)c(Cn2nc(-c3nc(Nc4ccncc4)c(NS(=O)(=O)CC)c(Nc4ccncc4)n3)c(C)c2C2CC2)c(F)c1. The summed E-state index contributed by atoms with van der Waals surface area (Å²) in [5, 5.41) is 11.2. The molecule has 0 atom stereocenters. The Bertz CT molecular complexity index is 1920. The molecular formula is C32H33F2N9O3S. The number of nitrogens with zero attached hydrogens (tertiary/aromatic N) is 6. The molecule has 3 N–H and O–H groups in total. The van der Waals surface area contributed by atoms with Crippen LogP contribution in [0.25, 0.3) is 11.5 Å². The second kappa shape index (κ2) is 13.3. The molecular weight excluding hydrogens is 628 g/mol. The van der Waals surface area contributed by atoms with Gasteiger partial charge in [0.25, 0.3) is 0 Å². The number of hydrogen-bond acceptors (Lipinski definition) is 10. The van der Waals surface area contributed by atoms with E-state index in [1.807, 2.05) is 6.92 Å². The summed E-state index contributed by atoms with van der Waals surface area (Å²) in [7, 11) is -3.78. The molecule has 12 nitrogen and oxygen atoms in total. The Morgan fingerprint density at radius 3 is 1.96 bits per heavy atom. The number of ether oxygens (including phenoxy) is 1. The van der Waals surface area contributed by atoms with Crippen molar-refractivity contribution in [1.29, 1.82) is 0 Å². The molecule has 0 amide bonds. The molecule has 1 aliphatic carbocycles. The number of anilines is 5. The molecule has 6 rings (SSSR count). The van der Waals surface area contributed by atoms with Crippen LogP contribution in [0.2, 0.25) is 0 Å². The molecule has 1 fully saturated rings. The third-order valence-electron chi connectivity index (χ3n) is 7.58. The molecule has 47 heavy (non-hydrogen) atoms. The first kappa shape index (κ1) is 31.8. The lowest BCUT2D eigenvalue weighted by molar-refractivity contribution is 0.335. The van der Waals surface area contributed by atoms with Gasteiger partial charge in [-0.1, -0.05) is 0 Å². The zero-order chi connectivity index (χ0) is 33.1. The van der Waals surface area contributed by atoms with E-state index >= 15 is 8.78 Å². The zero-order valence-electron chi connectivity index (χ0n) is 26.0. The Balaban J connectivity index is 1.50. The summed E-state index contributed by atoms with van der Waals surface area (Å²) in [6.07, 6.45) is 8.16. The van der Waals surface area contributed by atoms with Crippen molar-refractivity contribution < 1.29 is 21.9 Å². The van der Waals surface area contributed by atoms with E-state index in [0.29, 0.717) is 17.1 Å². The van der Waals surface area contributed by atoms with E-state index < -0.39 is 21.7 Å². The van der Waals surface area contributed by atoms with Crippen molar-refractivity contribution >= 4 is 38.7 Å². The van der Waals surface area contributed by atoms with Crippen LogP contribution in [-0.2, 0) is 16.6 Å². The minimum absolute atomic E-state index is 0.0854. The number of pyridine rings is 2. The van der Waals surface area contributed by atoms with Gasteiger partial charge in [-0.25, -0.2) is 27.2 Å². The standard InChI is InChI=1S/C32H33F2N9O3S/c1-4-46-23-16-25(33)24(26(34)17-23)18-43-29(20-6-7-20)19(3)27(41-43)30-39-31(37-21-8-12-35-13-9-21)28(42-47(44,45)5-2)32(40-30)38-22-10-14-36-15-11-22/h8-17,20,42H,4-7,18H2,1-3H3,(H2,35,36,37,38,39,40). The van der Waals surface area contributed by atoms with Crippen molar-refractivity contribution in [3.8, 4) is 17.3 Å². The Hall–Kier alpha value is -5.18. The molecule has 0 radical (unpaired) electrons. The van der Waals surface area contributed by atoms with Gasteiger partial charge in [-0.05, 0) is 57.9 Å². The quantitative estimate of drug-likeness (QED) is 0.131. The van der Waals surface area contributed by atoms with Gasteiger partial charge < -0.3 is 15.4 Å². The highest BCUT2D eigenvalue weighted by Gasteiger charge is 2.33. The molecule has 15 heteroatoms. The van der Waals surface area contributed by atoms with Gasteiger partial charge in [0.05, 0.1) is 18.9 Å². The summed E-state index contributed by atoms with van der Waals surface area (Å²) in [5.41, 5.74) is 3.11. The third-order valence-corrected chi connectivity index (χ3v) is 8.86. The summed E-state index contributed by atoms with van der Waals surface area (Å²) in [6.45, 7) is 5.26. The summed E-state index contributed by atoms with van der Waals surface area (Å²) < 4.78 is 65.6. The maximum absolute atomic E-state index is 15.2. The number of benzene rings is 1. The van der Waals surface area contributed by atoms with E-state index in [9.17, 15) is 8.42 Å². The van der Waals surface area contributed by atoms with Gasteiger partial charge in [-0.2, -0.15) is 5.10 Å². The number of halogens is 2. The van der Waals surface area contributed by atoms with E-state index in [1.165, 1.54) is 19.1 Å². The summed E-state index contributed by atoms with van der Waals surface area (Å²) in [4.78, 5) is 17.6. The second-order valence-corrected chi connectivity index (χ2v) is 12.9. The van der Waals surface area contributed by atoms with Crippen molar-refractivity contribution in [3.63, 3.8) is 0 Å². The summed E-state index contributed by atoms with van der Waals surface area (Å²) >= 11 is 0. The van der Waals surface area contributed by atoms with E-state index in [0.717, 1.165) is 24.1 Å². The first-order valence-corrected chi connectivity index (χ1v) is 16.8. The zero-order valence-corrected chi connectivity index (χ0v) is 26.8. The van der Waals surface area contributed by atoms with Gasteiger partial charge in [0, 0.05) is 71.0 Å². The Morgan fingerprint density at radius 1 is 0.915 bits per heavy atom. The van der Waals surface area contributed by atoms with Crippen molar-refractivity contribution in [2.75, 3.05) is 27.7 Å². The third kappa shape index (κ3) is 7.14. The molecule has 0 aliphatic heterocycles. The predicted molar refractivity (Wildman–Crippen MR) is 175 cm³/mol. The van der Waals surface area contributed by atoms with Crippen LogP contribution in [0.3, 0.4) is 0 Å². The van der Waals surface area contributed by atoms with Crippen LogP contribution in [0.4, 0.5) is 37.5 Å². The smallest absolute Gasteiger partial charge is 0.232 e. The minimum atomic E-state index is -3.78. The average molecular weight is 662 g/mol. The topological polar surface area (TPSA) is 149 Å². The molecule has 4 aromatic heterocycles. The van der Waals surface area contributed by atoms with Crippen molar-refractivity contribution in [3.05, 3.63) is 89.6 Å². The van der Waals surface area contributed by atoms with Gasteiger partial charge in [-0.3, -0.25) is 19.4 Å².